The molecule has 3 aromatic rings. The van der Waals surface area contributed by atoms with Crippen molar-refractivity contribution in [3.05, 3.63) is 83.2 Å². The van der Waals surface area contributed by atoms with Gasteiger partial charge in [-0.2, -0.15) is 18.3 Å². The van der Waals surface area contributed by atoms with Crippen molar-refractivity contribution in [3.8, 4) is 17.5 Å². The average molecular weight is 383 g/mol. The number of hydrogen-bond donors (Lipinski definition) is 1. The first kappa shape index (κ1) is 19.2. The van der Waals surface area contributed by atoms with Gasteiger partial charge >= 0.3 is 6.18 Å². The number of nitrogens with zero attached hydrogens (tertiary/aromatic N) is 2. The van der Waals surface area contributed by atoms with Gasteiger partial charge in [0, 0.05) is 5.56 Å². The second kappa shape index (κ2) is 8.01. The predicted molar refractivity (Wildman–Crippen MR) is 99.0 cm³/mol. The smallest absolute Gasteiger partial charge is 0.341 e. The van der Waals surface area contributed by atoms with E-state index in [1.54, 1.807) is 11.6 Å². The Hall–Kier alpha value is -3.53. The van der Waals surface area contributed by atoms with Crippen LogP contribution in [0.5, 0.6) is 0 Å². The number of nitrogens with one attached hydrogen (secondary N) is 1. The van der Waals surface area contributed by atoms with Crippen molar-refractivity contribution < 1.29 is 18.0 Å². The lowest BCUT2D eigenvalue weighted by Crippen LogP contribution is -2.24. The Kier molecular flexibility index (Phi) is 5.50. The minimum Gasteiger partial charge on any atom is -0.341 e. The number of carbonyl (C=O) groups is 1. The van der Waals surface area contributed by atoms with Crippen molar-refractivity contribution >= 4 is 5.91 Å². The molecule has 0 radical (unpaired) electrons. The van der Waals surface area contributed by atoms with Crippen LogP contribution in [0.4, 0.5) is 13.2 Å². The van der Waals surface area contributed by atoms with Gasteiger partial charge in [-0.25, -0.2) is 4.68 Å². The van der Waals surface area contributed by atoms with Crippen LogP contribution in [0.15, 0.2) is 60.8 Å². The summed E-state index contributed by atoms with van der Waals surface area (Å²) in [4.78, 5) is 12.3. The summed E-state index contributed by atoms with van der Waals surface area (Å²) < 4.78 is 39.8. The molecule has 0 fully saturated rings. The first-order valence-electron chi connectivity index (χ1n) is 8.40. The van der Waals surface area contributed by atoms with E-state index in [9.17, 15) is 18.0 Å². The zero-order valence-electron chi connectivity index (χ0n) is 14.9. The third-order valence-electron chi connectivity index (χ3n) is 4.02. The molecule has 1 N–H and O–H groups in total. The molecule has 0 saturated heterocycles. The lowest BCUT2D eigenvalue weighted by Gasteiger charge is -2.06. The van der Waals surface area contributed by atoms with E-state index < -0.39 is 11.7 Å². The lowest BCUT2D eigenvalue weighted by molar-refractivity contribution is -0.137. The fourth-order valence-corrected chi connectivity index (χ4v) is 2.60. The number of para-hydroxylation sites is 1. The Morgan fingerprint density at radius 3 is 2.61 bits per heavy atom. The van der Waals surface area contributed by atoms with E-state index in [1.165, 1.54) is 18.3 Å². The van der Waals surface area contributed by atoms with Crippen LogP contribution >= 0.6 is 0 Å². The van der Waals surface area contributed by atoms with E-state index in [1.807, 2.05) is 30.3 Å². The van der Waals surface area contributed by atoms with Gasteiger partial charge in [-0.15, -0.1) is 0 Å². The van der Waals surface area contributed by atoms with Gasteiger partial charge in [-0.3, -0.25) is 4.79 Å². The highest BCUT2D eigenvalue weighted by atomic mass is 19.4. The topological polar surface area (TPSA) is 46.9 Å². The van der Waals surface area contributed by atoms with Gasteiger partial charge < -0.3 is 5.32 Å². The van der Waals surface area contributed by atoms with E-state index in [-0.39, 0.29) is 18.0 Å². The van der Waals surface area contributed by atoms with E-state index in [4.69, 9.17) is 0 Å². The molecule has 4 nitrogen and oxygen atoms in total. The van der Waals surface area contributed by atoms with Crippen molar-refractivity contribution in [2.75, 3.05) is 6.54 Å². The summed E-state index contributed by atoms with van der Waals surface area (Å²) >= 11 is 0. The number of carbonyl (C=O) groups excluding carboxylic acids is 1. The van der Waals surface area contributed by atoms with Crippen LogP contribution in [-0.2, 0) is 6.18 Å². The molecule has 0 aliphatic rings. The molecule has 1 aromatic heterocycles. The quantitative estimate of drug-likeness (QED) is 0.696. The first-order valence-corrected chi connectivity index (χ1v) is 8.40. The third kappa shape index (κ3) is 4.41. The Labute approximate surface area is 160 Å². The van der Waals surface area contributed by atoms with Crippen LogP contribution in [-0.4, -0.2) is 22.2 Å². The maximum absolute atomic E-state index is 12.7. The number of amides is 1. The van der Waals surface area contributed by atoms with Crippen LogP contribution in [0.3, 0.4) is 0 Å². The standard InChI is InChI=1S/C21H16F3N3O/c1-15-19(14-26-27(15)18-10-3-2-4-11-18)20(28)25-12-6-8-16-7-5-9-17(13-16)21(22,23)24/h2-5,7,9-11,13-14H,12H2,1H3,(H,25,28). The highest BCUT2D eigenvalue weighted by molar-refractivity contribution is 5.95. The fraction of sp³-hybridized carbons (Fsp3) is 0.143. The normalized spacial score (nSPS) is 10.9. The molecule has 0 spiro atoms. The maximum Gasteiger partial charge on any atom is 0.416 e. The highest BCUT2D eigenvalue weighted by Crippen LogP contribution is 2.29. The summed E-state index contributed by atoms with van der Waals surface area (Å²) in [6.45, 7) is 1.79. The van der Waals surface area contributed by atoms with E-state index >= 15 is 0 Å². The number of alkyl halides is 3. The van der Waals surface area contributed by atoms with Gasteiger partial charge in [0.15, 0.2) is 0 Å². The van der Waals surface area contributed by atoms with Crippen molar-refractivity contribution in [3.63, 3.8) is 0 Å². The lowest BCUT2D eigenvalue weighted by atomic mass is 10.1. The molecule has 0 aliphatic carbocycles. The predicted octanol–water partition coefficient (Wildman–Crippen LogP) is 3.98. The second-order valence-corrected chi connectivity index (χ2v) is 5.95. The summed E-state index contributed by atoms with van der Waals surface area (Å²) in [6, 6.07) is 14.1. The van der Waals surface area contributed by atoms with Gasteiger partial charge in [-0.1, -0.05) is 36.1 Å². The van der Waals surface area contributed by atoms with Gasteiger partial charge in [-0.05, 0) is 37.3 Å². The number of rotatable bonds is 3. The van der Waals surface area contributed by atoms with Gasteiger partial charge in [0.2, 0.25) is 0 Å². The first-order chi connectivity index (χ1) is 13.4. The maximum atomic E-state index is 12.7. The Bertz CT molecular complexity index is 1040. The molecule has 0 atom stereocenters. The molecular formula is C21H16F3N3O. The summed E-state index contributed by atoms with van der Waals surface area (Å²) in [7, 11) is 0. The Morgan fingerprint density at radius 1 is 1.14 bits per heavy atom. The largest absolute Gasteiger partial charge is 0.416 e. The van der Waals surface area contributed by atoms with Crippen LogP contribution in [0.2, 0.25) is 0 Å². The number of halogens is 3. The molecule has 3 rings (SSSR count). The van der Waals surface area contributed by atoms with E-state index in [0.29, 0.717) is 11.3 Å². The molecular weight excluding hydrogens is 367 g/mol. The molecule has 142 valence electrons. The third-order valence-corrected chi connectivity index (χ3v) is 4.02. The van der Waals surface area contributed by atoms with Crippen molar-refractivity contribution in [1.29, 1.82) is 0 Å². The molecule has 28 heavy (non-hydrogen) atoms. The van der Waals surface area contributed by atoms with Gasteiger partial charge in [0.1, 0.15) is 0 Å². The van der Waals surface area contributed by atoms with Gasteiger partial charge in [0.05, 0.1) is 35.2 Å². The zero-order valence-corrected chi connectivity index (χ0v) is 14.9. The molecule has 0 saturated carbocycles. The molecule has 0 bridgehead atoms. The molecule has 1 amide bonds. The van der Waals surface area contributed by atoms with E-state index in [2.05, 4.69) is 22.3 Å². The van der Waals surface area contributed by atoms with Crippen LogP contribution in [0.1, 0.15) is 27.2 Å². The monoisotopic (exact) mass is 383 g/mol. The van der Waals surface area contributed by atoms with Gasteiger partial charge in [0.25, 0.3) is 5.91 Å². The fourth-order valence-electron chi connectivity index (χ4n) is 2.60. The van der Waals surface area contributed by atoms with Crippen LogP contribution in [0.25, 0.3) is 5.69 Å². The molecule has 2 aromatic carbocycles. The molecule has 0 aliphatic heterocycles. The van der Waals surface area contributed by atoms with Crippen molar-refractivity contribution in [1.82, 2.24) is 15.1 Å². The minimum absolute atomic E-state index is 0.00500. The Morgan fingerprint density at radius 2 is 1.89 bits per heavy atom. The number of aromatic nitrogens is 2. The molecule has 1 heterocycles. The molecule has 7 heteroatoms. The second-order valence-electron chi connectivity index (χ2n) is 5.95. The summed E-state index contributed by atoms with van der Waals surface area (Å²) in [5, 5.41) is 6.86. The minimum atomic E-state index is -4.41. The molecule has 0 unspecified atom stereocenters. The summed E-state index contributed by atoms with van der Waals surface area (Å²) in [5.74, 6) is 4.94. The van der Waals surface area contributed by atoms with Crippen LogP contribution < -0.4 is 5.32 Å². The average Bonchev–Trinajstić information content (AvgIpc) is 3.07. The summed E-state index contributed by atoms with van der Waals surface area (Å²) in [5.41, 5.74) is 1.40. The number of benzene rings is 2. The number of hydrogen-bond acceptors (Lipinski definition) is 2. The zero-order chi connectivity index (χ0) is 20.1. The van der Waals surface area contributed by atoms with Crippen LogP contribution in [0, 0.1) is 18.8 Å². The SMILES string of the molecule is Cc1c(C(=O)NCC#Cc2cccc(C(F)(F)F)c2)cnn1-c1ccccc1. The Balaban J connectivity index is 1.65. The van der Waals surface area contributed by atoms with Crippen molar-refractivity contribution in [2.24, 2.45) is 0 Å². The highest BCUT2D eigenvalue weighted by Gasteiger charge is 2.30. The summed E-state index contributed by atoms with van der Waals surface area (Å²) in [6.07, 6.45) is -2.94. The van der Waals surface area contributed by atoms with Crippen molar-refractivity contribution in [2.45, 2.75) is 13.1 Å². The van der Waals surface area contributed by atoms with E-state index in [0.717, 1.165) is 17.8 Å².